The van der Waals surface area contributed by atoms with E-state index in [2.05, 4.69) is 28.4 Å². The fourth-order valence-corrected chi connectivity index (χ4v) is 7.91. The number of aromatic nitrogens is 4. The van der Waals surface area contributed by atoms with Gasteiger partial charge < -0.3 is 25.0 Å². The molecule has 51 heavy (non-hydrogen) atoms. The molecule has 0 spiro atoms. The molecule has 2 aromatic heterocycles. The monoisotopic (exact) mass is 708 g/mol. The fourth-order valence-electron chi connectivity index (χ4n) is 7.91. The Balaban J connectivity index is 1.29. The number of hydrogen-bond donors (Lipinski definition) is 1. The van der Waals surface area contributed by atoms with Crippen molar-refractivity contribution in [2.75, 3.05) is 51.0 Å². The lowest BCUT2D eigenvalue weighted by atomic mass is 9.91. The van der Waals surface area contributed by atoms with Gasteiger partial charge in [-0.2, -0.15) is 28.2 Å². The maximum Gasteiger partial charge on any atom is 0.418 e. The number of carbonyl (C=O) groups is 1. The van der Waals surface area contributed by atoms with E-state index in [0.717, 1.165) is 49.7 Å². The van der Waals surface area contributed by atoms with Gasteiger partial charge in [0, 0.05) is 56.8 Å². The molecule has 0 radical (unpaired) electrons. The zero-order chi connectivity index (χ0) is 36.2. The van der Waals surface area contributed by atoms with Gasteiger partial charge in [0.15, 0.2) is 11.5 Å². The minimum absolute atomic E-state index is 0.0750. The first-order valence-corrected chi connectivity index (χ1v) is 17.0. The Morgan fingerprint density at radius 2 is 2.00 bits per heavy atom. The van der Waals surface area contributed by atoms with Crippen molar-refractivity contribution in [1.82, 2.24) is 29.5 Å². The van der Waals surface area contributed by atoms with Gasteiger partial charge in [-0.3, -0.25) is 14.4 Å². The van der Waals surface area contributed by atoms with Gasteiger partial charge in [0.25, 0.3) is 5.91 Å². The minimum atomic E-state index is -4.93. The number of aryl methyl sites for hydroxylation is 1. The smallest absolute Gasteiger partial charge is 0.418 e. The van der Waals surface area contributed by atoms with Gasteiger partial charge in [-0.25, -0.2) is 4.39 Å². The molecule has 4 aliphatic rings. The van der Waals surface area contributed by atoms with Crippen LogP contribution in [0.3, 0.4) is 0 Å². The number of ether oxygens (including phenoxy) is 2. The van der Waals surface area contributed by atoms with Gasteiger partial charge in [-0.05, 0) is 51.3 Å². The molecule has 11 nitrogen and oxygen atoms in total. The summed E-state index contributed by atoms with van der Waals surface area (Å²) >= 11 is 0. The zero-order valence-electron chi connectivity index (χ0n) is 28.9. The third-order valence-electron chi connectivity index (χ3n) is 10.2. The summed E-state index contributed by atoms with van der Waals surface area (Å²) in [5.74, 6) is 4.00. The molecule has 3 aromatic rings. The molecule has 15 heteroatoms. The maximum absolute atomic E-state index is 15.7. The van der Waals surface area contributed by atoms with E-state index < -0.39 is 40.5 Å². The number of halogens is 4. The van der Waals surface area contributed by atoms with E-state index in [-0.39, 0.29) is 30.5 Å². The van der Waals surface area contributed by atoms with E-state index in [4.69, 9.17) is 25.2 Å². The number of nitrogens with zero attached hydrogens (tertiary/aromatic N) is 7. The predicted molar refractivity (Wildman–Crippen MR) is 180 cm³/mol. The number of rotatable bonds is 6. The Morgan fingerprint density at radius 3 is 2.75 bits per heavy atom. The van der Waals surface area contributed by atoms with E-state index in [1.165, 1.54) is 11.8 Å². The highest BCUT2D eigenvalue weighted by atomic mass is 19.4. The summed E-state index contributed by atoms with van der Waals surface area (Å²) in [7, 11) is 3.33. The third kappa shape index (κ3) is 6.40. The van der Waals surface area contributed by atoms with Crippen LogP contribution in [-0.4, -0.2) is 81.3 Å². The Kier molecular flexibility index (Phi) is 8.95. The van der Waals surface area contributed by atoms with Crippen LogP contribution in [-0.2, 0) is 37.0 Å². The molecule has 1 aromatic carbocycles. The zero-order valence-corrected chi connectivity index (χ0v) is 28.9. The first kappa shape index (κ1) is 34.8. The van der Waals surface area contributed by atoms with Crippen LogP contribution in [0.2, 0.25) is 0 Å². The largest absolute Gasteiger partial charge is 0.461 e. The lowest BCUT2D eigenvalue weighted by Crippen LogP contribution is -2.43. The molecule has 4 aliphatic heterocycles. The lowest BCUT2D eigenvalue weighted by molar-refractivity contribution is -0.140. The van der Waals surface area contributed by atoms with Crippen molar-refractivity contribution in [2.45, 2.75) is 76.5 Å². The number of alkyl halides is 3. The first-order valence-electron chi connectivity index (χ1n) is 17.0. The van der Waals surface area contributed by atoms with E-state index in [0.29, 0.717) is 55.4 Å². The van der Waals surface area contributed by atoms with E-state index >= 15 is 4.39 Å². The molecule has 6 heterocycles. The van der Waals surface area contributed by atoms with Crippen LogP contribution in [0.5, 0.6) is 6.01 Å². The number of anilines is 2. The Hall–Kier alpha value is -4.68. The molecule has 0 bridgehead atoms. The molecule has 2 N–H and O–H groups in total. The predicted octanol–water partition coefficient (Wildman–Crippen LogP) is 4.88. The number of carbonyl (C=O) groups excluding carboxylic acids is 1. The molecule has 0 saturated carbocycles. The number of benzene rings is 1. The molecule has 2 saturated heterocycles. The summed E-state index contributed by atoms with van der Waals surface area (Å²) in [6.07, 6.45) is -3.05. The van der Waals surface area contributed by atoms with Crippen molar-refractivity contribution in [3.05, 3.63) is 69.4 Å². The normalized spacial score (nSPS) is 21.7. The average molecular weight is 709 g/mol. The second-order valence-electron chi connectivity index (χ2n) is 13.9. The SMILES string of the molecule is C=C1CN2CCC[C@]2(COc2nc3c(c(N4CCCn5nc(C(=O)N(C)C)cc5C4)n2)CO[C@H](c2c(F)c(N)cc(C#CC)c2C(F)(F)F)C3)C1. The topological polar surface area (TPSA) is 115 Å². The van der Waals surface area contributed by atoms with Gasteiger partial charge in [0.05, 0.1) is 47.4 Å². The molecular weight excluding hydrogens is 668 g/mol. The molecular formula is C36H40F4N8O3. The molecule has 1 amide bonds. The quantitative estimate of drug-likeness (QED) is 0.166. The number of fused-ring (bicyclic) bond motifs is 3. The van der Waals surface area contributed by atoms with Gasteiger partial charge in [0.1, 0.15) is 12.4 Å². The second kappa shape index (κ2) is 13.1. The second-order valence-corrected chi connectivity index (χ2v) is 13.9. The molecule has 270 valence electrons. The van der Waals surface area contributed by atoms with E-state index in [1.54, 1.807) is 20.2 Å². The summed E-state index contributed by atoms with van der Waals surface area (Å²) < 4.78 is 73.7. The van der Waals surface area contributed by atoms with Crippen molar-refractivity contribution in [1.29, 1.82) is 0 Å². The van der Waals surface area contributed by atoms with Gasteiger partial charge >= 0.3 is 12.2 Å². The summed E-state index contributed by atoms with van der Waals surface area (Å²) in [6, 6.07) is 2.74. The average Bonchev–Trinajstić information content (AvgIpc) is 3.70. The fraction of sp³-hybridized carbons (Fsp3) is 0.500. The standard InChI is InChI=1S/C36H40F4N8O3/c1-5-8-22-13-25(41)31(37)29(30(22)36(38,39)40)28-15-26-24(19-50-28)32(43-34(42-26)51-20-35-9-6-11-47(35)17-21(2)16-35)46-10-7-12-48-23(18-46)14-27(44-48)33(49)45(3)4/h13-14,28H,2,6-7,9-12,15-20,41H2,1,3-4H3/t28-,35+/m0/s1. The maximum atomic E-state index is 15.7. The highest BCUT2D eigenvalue weighted by molar-refractivity contribution is 5.92. The summed E-state index contributed by atoms with van der Waals surface area (Å²) in [4.78, 5) is 28.2. The Bertz CT molecular complexity index is 1970. The first-order chi connectivity index (χ1) is 24.3. The molecule has 7 rings (SSSR count). The van der Waals surface area contributed by atoms with Crippen molar-refractivity contribution in [3.8, 4) is 17.9 Å². The van der Waals surface area contributed by atoms with Crippen molar-refractivity contribution in [3.63, 3.8) is 0 Å². The summed E-state index contributed by atoms with van der Waals surface area (Å²) in [6.45, 7) is 8.95. The van der Waals surface area contributed by atoms with Crippen LogP contribution in [0.15, 0.2) is 24.3 Å². The third-order valence-corrected chi connectivity index (χ3v) is 10.2. The Morgan fingerprint density at radius 1 is 1.20 bits per heavy atom. The van der Waals surface area contributed by atoms with Crippen molar-refractivity contribution < 1.29 is 31.8 Å². The Labute approximate surface area is 293 Å². The highest BCUT2D eigenvalue weighted by Gasteiger charge is 2.47. The molecule has 2 atom stereocenters. The molecule has 2 fully saturated rings. The van der Waals surface area contributed by atoms with Crippen LogP contribution in [0, 0.1) is 17.7 Å². The van der Waals surface area contributed by atoms with E-state index in [1.807, 2.05) is 9.58 Å². The van der Waals surface area contributed by atoms with E-state index in [9.17, 15) is 18.0 Å². The van der Waals surface area contributed by atoms with Crippen LogP contribution < -0.4 is 15.4 Å². The van der Waals surface area contributed by atoms with Crippen LogP contribution in [0.1, 0.15) is 82.8 Å². The number of amides is 1. The van der Waals surface area contributed by atoms with Gasteiger partial charge in [-0.1, -0.05) is 18.1 Å². The van der Waals surface area contributed by atoms with Gasteiger partial charge in [0.2, 0.25) is 0 Å². The van der Waals surface area contributed by atoms with Crippen LogP contribution in [0.25, 0.3) is 0 Å². The molecule has 0 aliphatic carbocycles. The summed E-state index contributed by atoms with van der Waals surface area (Å²) in [5, 5.41) is 4.54. The minimum Gasteiger partial charge on any atom is -0.461 e. The van der Waals surface area contributed by atoms with Crippen molar-refractivity contribution >= 4 is 17.4 Å². The number of hydrogen-bond acceptors (Lipinski definition) is 9. The molecule has 0 unspecified atom stereocenters. The number of nitrogens with two attached hydrogens (primary N) is 1. The van der Waals surface area contributed by atoms with Gasteiger partial charge in [-0.15, -0.1) is 5.92 Å². The van der Waals surface area contributed by atoms with Crippen LogP contribution >= 0.6 is 0 Å². The highest BCUT2D eigenvalue weighted by Crippen LogP contribution is 2.45. The number of nitrogen functional groups attached to an aromatic ring is 1. The van der Waals surface area contributed by atoms with Crippen molar-refractivity contribution in [2.24, 2.45) is 0 Å². The lowest BCUT2D eigenvalue weighted by Gasteiger charge is -2.33. The summed E-state index contributed by atoms with van der Waals surface area (Å²) in [5.41, 5.74) is 6.09. The van der Waals surface area contributed by atoms with Crippen LogP contribution in [0.4, 0.5) is 29.1 Å².